The van der Waals surface area contributed by atoms with Crippen LogP contribution in [0.4, 0.5) is 5.69 Å². The van der Waals surface area contributed by atoms with Gasteiger partial charge in [-0.2, -0.15) is 0 Å². The highest BCUT2D eigenvalue weighted by atomic mass is 35.5. The third-order valence-corrected chi connectivity index (χ3v) is 9.20. The Morgan fingerprint density at radius 3 is 2.00 bits per heavy atom. The molecule has 0 aliphatic rings. The zero-order chi connectivity index (χ0) is 31.7. The van der Waals surface area contributed by atoms with Gasteiger partial charge in [0.25, 0.3) is 10.0 Å². The SMILES string of the molecule is CC(C)CNC(=O)[C@@H](Cc1ccccc1)N(Cc1cccc(Cl)c1)C(=O)CN(c1ccccc1)S(=O)(=O)c1ccc(Cl)cc1. The number of hydrogen-bond acceptors (Lipinski definition) is 4. The van der Waals surface area contributed by atoms with Crippen molar-refractivity contribution >= 4 is 50.7 Å². The number of rotatable bonds is 13. The molecular weight excluding hydrogens is 617 g/mol. The van der Waals surface area contributed by atoms with Gasteiger partial charge in [0.15, 0.2) is 0 Å². The minimum absolute atomic E-state index is 0.0181. The summed E-state index contributed by atoms with van der Waals surface area (Å²) >= 11 is 12.3. The van der Waals surface area contributed by atoms with Crippen LogP contribution in [-0.4, -0.2) is 44.3 Å². The van der Waals surface area contributed by atoms with Crippen LogP contribution >= 0.6 is 23.2 Å². The van der Waals surface area contributed by atoms with Crippen LogP contribution in [0.15, 0.2) is 114 Å². The Morgan fingerprint density at radius 1 is 0.773 bits per heavy atom. The predicted octanol–water partition coefficient (Wildman–Crippen LogP) is 6.60. The summed E-state index contributed by atoms with van der Waals surface area (Å²) in [6.45, 7) is 3.89. The molecule has 4 rings (SSSR count). The van der Waals surface area contributed by atoms with Gasteiger partial charge in [0, 0.05) is 29.6 Å². The monoisotopic (exact) mass is 651 g/mol. The predicted molar refractivity (Wildman–Crippen MR) is 176 cm³/mol. The first-order valence-electron chi connectivity index (χ1n) is 14.2. The molecule has 4 aromatic rings. The Morgan fingerprint density at radius 2 is 1.39 bits per heavy atom. The van der Waals surface area contributed by atoms with Gasteiger partial charge in [0.05, 0.1) is 10.6 Å². The van der Waals surface area contributed by atoms with Crippen molar-refractivity contribution in [2.75, 3.05) is 17.4 Å². The lowest BCUT2D eigenvalue weighted by Crippen LogP contribution is -2.53. The summed E-state index contributed by atoms with van der Waals surface area (Å²) in [4.78, 5) is 29.6. The molecular formula is C34H35Cl2N3O4S. The highest BCUT2D eigenvalue weighted by Crippen LogP contribution is 2.26. The molecule has 0 spiro atoms. The van der Waals surface area contributed by atoms with Crippen LogP contribution in [0.3, 0.4) is 0 Å². The Bertz CT molecular complexity index is 1650. The number of carbonyl (C=O) groups is 2. The smallest absolute Gasteiger partial charge is 0.264 e. The Hall–Kier alpha value is -3.85. The van der Waals surface area contributed by atoms with Crippen LogP contribution in [0.1, 0.15) is 25.0 Å². The molecule has 1 atom stereocenters. The van der Waals surface area contributed by atoms with Crippen LogP contribution in [-0.2, 0) is 32.6 Å². The van der Waals surface area contributed by atoms with Crippen LogP contribution in [0.5, 0.6) is 0 Å². The van der Waals surface area contributed by atoms with E-state index >= 15 is 0 Å². The van der Waals surface area contributed by atoms with Gasteiger partial charge in [-0.3, -0.25) is 13.9 Å². The van der Waals surface area contributed by atoms with Gasteiger partial charge in [-0.25, -0.2) is 8.42 Å². The first-order chi connectivity index (χ1) is 21.0. The fourth-order valence-corrected chi connectivity index (χ4v) is 6.42. The zero-order valence-electron chi connectivity index (χ0n) is 24.6. The average Bonchev–Trinajstić information content (AvgIpc) is 3.01. The molecule has 2 amide bonds. The van der Waals surface area contributed by atoms with Crippen molar-refractivity contribution in [2.24, 2.45) is 5.92 Å². The standard InChI is InChI=1S/C34H35Cl2N3O4S/c1-25(2)22-37-34(41)32(21-26-10-5-3-6-11-26)38(23-27-12-9-13-29(36)20-27)33(40)24-39(30-14-7-4-8-15-30)44(42,43)31-18-16-28(35)17-19-31/h3-20,25,32H,21-24H2,1-2H3,(H,37,41)/t32-/m1/s1. The Kier molecular flexibility index (Phi) is 11.4. The molecule has 0 aliphatic carbocycles. The molecule has 1 N–H and O–H groups in total. The van der Waals surface area contributed by atoms with E-state index in [9.17, 15) is 18.0 Å². The Balaban J connectivity index is 1.78. The van der Waals surface area contributed by atoms with Crippen molar-refractivity contribution in [3.8, 4) is 0 Å². The molecule has 7 nitrogen and oxygen atoms in total. The second-order valence-electron chi connectivity index (χ2n) is 10.8. The number of benzene rings is 4. The maximum Gasteiger partial charge on any atom is 0.264 e. The summed E-state index contributed by atoms with van der Waals surface area (Å²) in [6, 6.07) is 29.7. The lowest BCUT2D eigenvalue weighted by atomic mass is 10.0. The quantitative estimate of drug-likeness (QED) is 0.176. The summed E-state index contributed by atoms with van der Waals surface area (Å²) in [6.07, 6.45) is 0.229. The zero-order valence-corrected chi connectivity index (χ0v) is 26.9. The molecule has 0 saturated heterocycles. The van der Waals surface area contributed by atoms with E-state index in [1.54, 1.807) is 48.5 Å². The van der Waals surface area contributed by atoms with Crippen molar-refractivity contribution in [3.05, 3.63) is 130 Å². The molecule has 0 heterocycles. The summed E-state index contributed by atoms with van der Waals surface area (Å²) in [5.74, 6) is -0.691. The van der Waals surface area contributed by atoms with Gasteiger partial charge in [0.2, 0.25) is 11.8 Å². The number of halogens is 2. The lowest BCUT2D eigenvalue weighted by Gasteiger charge is -2.34. The third-order valence-electron chi connectivity index (χ3n) is 6.92. The van der Waals surface area contributed by atoms with Crippen molar-refractivity contribution in [2.45, 2.75) is 37.8 Å². The van der Waals surface area contributed by atoms with E-state index in [0.29, 0.717) is 27.8 Å². The number of amides is 2. The van der Waals surface area contributed by atoms with E-state index < -0.39 is 28.5 Å². The normalized spacial score (nSPS) is 12.0. The van der Waals surface area contributed by atoms with Crippen molar-refractivity contribution in [1.29, 1.82) is 0 Å². The summed E-state index contributed by atoms with van der Waals surface area (Å²) in [7, 11) is -4.20. The number of nitrogens with one attached hydrogen (secondary N) is 1. The summed E-state index contributed by atoms with van der Waals surface area (Å²) in [5, 5.41) is 3.84. The van der Waals surface area contributed by atoms with Gasteiger partial charge < -0.3 is 10.2 Å². The third kappa shape index (κ3) is 8.85. The highest BCUT2D eigenvalue weighted by Gasteiger charge is 2.34. The van der Waals surface area contributed by atoms with E-state index in [-0.39, 0.29) is 29.7 Å². The highest BCUT2D eigenvalue weighted by molar-refractivity contribution is 7.92. The van der Waals surface area contributed by atoms with E-state index in [1.807, 2.05) is 50.2 Å². The number of para-hydroxylation sites is 1. The molecule has 0 fully saturated rings. The number of hydrogen-bond donors (Lipinski definition) is 1. The van der Waals surface area contributed by atoms with E-state index in [0.717, 1.165) is 9.87 Å². The molecule has 0 saturated carbocycles. The molecule has 0 aliphatic heterocycles. The first kappa shape index (κ1) is 33.1. The second-order valence-corrected chi connectivity index (χ2v) is 13.5. The number of sulfonamides is 1. The molecule has 4 aromatic carbocycles. The largest absolute Gasteiger partial charge is 0.354 e. The van der Waals surface area contributed by atoms with Gasteiger partial charge >= 0.3 is 0 Å². The Labute approximate surface area is 269 Å². The summed E-state index contributed by atoms with van der Waals surface area (Å²) < 4.78 is 29.1. The van der Waals surface area contributed by atoms with E-state index in [2.05, 4.69) is 5.32 Å². The van der Waals surface area contributed by atoms with Crippen molar-refractivity contribution in [1.82, 2.24) is 10.2 Å². The molecule has 0 aromatic heterocycles. The lowest BCUT2D eigenvalue weighted by molar-refractivity contribution is -0.140. The fourth-order valence-electron chi connectivity index (χ4n) is 4.67. The number of carbonyl (C=O) groups excluding carboxylic acids is 2. The van der Waals surface area contributed by atoms with Gasteiger partial charge in [-0.15, -0.1) is 0 Å². The van der Waals surface area contributed by atoms with Crippen LogP contribution < -0.4 is 9.62 Å². The minimum atomic E-state index is -4.20. The van der Waals surface area contributed by atoms with E-state index in [1.165, 1.54) is 29.2 Å². The van der Waals surface area contributed by atoms with Gasteiger partial charge in [-0.05, 0) is 65.6 Å². The van der Waals surface area contributed by atoms with Crippen LogP contribution in [0.2, 0.25) is 10.0 Å². The average molecular weight is 653 g/mol. The topological polar surface area (TPSA) is 86.8 Å². The van der Waals surface area contributed by atoms with Crippen LogP contribution in [0.25, 0.3) is 0 Å². The maximum absolute atomic E-state index is 14.4. The number of anilines is 1. The first-order valence-corrected chi connectivity index (χ1v) is 16.4. The van der Waals surface area contributed by atoms with Gasteiger partial charge in [0.1, 0.15) is 12.6 Å². The molecule has 44 heavy (non-hydrogen) atoms. The van der Waals surface area contributed by atoms with Crippen LogP contribution in [0, 0.1) is 5.92 Å². The van der Waals surface area contributed by atoms with Gasteiger partial charge in [-0.1, -0.05) is 97.7 Å². The maximum atomic E-state index is 14.4. The molecule has 0 unspecified atom stereocenters. The molecule has 0 radical (unpaired) electrons. The fraction of sp³-hybridized carbons (Fsp3) is 0.235. The van der Waals surface area contributed by atoms with Crippen molar-refractivity contribution < 1.29 is 18.0 Å². The summed E-state index contributed by atoms with van der Waals surface area (Å²) in [5.41, 5.74) is 1.87. The minimum Gasteiger partial charge on any atom is -0.354 e. The molecule has 230 valence electrons. The van der Waals surface area contributed by atoms with E-state index in [4.69, 9.17) is 23.2 Å². The molecule has 0 bridgehead atoms. The van der Waals surface area contributed by atoms with Crippen molar-refractivity contribution in [3.63, 3.8) is 0 Å². The second kappa shape index (κ2) is 15.2. The number of nitrogens with zero attached hydrogens (tertiary/aromatic N) is 2. The molecule has 10 heteroatoms.